The summed E-state index contributed by atoms with van der Waals surface area (Å²) in [6.45, 7) is 0. The molecule has 0 aliphatic rings. The lowest BCUT2D eigenvalue weighted by Gasteiger charge is -2.02. The maximum absolute atomic E-state index is 11.8. The molecule has 4 nitrogen and oxygen atoms in total. The molecule has 0 atom stereocenters. The molecule has 1 amide bonds. The molecule has 0 fully saturated rings. The van der Waals surface area contributed by atoms with Gasteiger partial charge in [0.2, 0.25) is 0 Å². The van der Waals surface area contributed by atoms with Gasteiger partial charge in [-0.15, -0.1) is 11.3 Å². The van der Waals surface area contributed by atoms with Crippen LogP contribution in [0.5, 0.6) is 0 Å². The third-order valence-corrected chi connectivity index (χ3v) is 3.04. The van der Waals surface area contributed by atoms with E-state index in [1.54, 1.807) is 36.4 Å². The first-order chi connectivity index (χ1) is 8.19. The van der Waals surface area contributed by atoms with Gasteiger partial charge in [-0.2, -0.15) is 5.26 Å². The number of amides is 1. The number of hydrogen-bond donors (Lipinski definition) is 2. The Labute approximate surface area is 102 Å². The van der Waals surface area contributed by atoms with Gasteiger partial charge in [0.1, 0.15) is 0 Å². The molecule has 1 aromatic heterocycles. The molecule has 0 bridgehead atoms. The van der Waals surface area contributed by atoms with Crippen LogP contribution in [0, 0.1) is 11.3 Å². The third-order valence-electron chi connectivity index (χ3n) is 2.12. The average molecular weight is 243 g/mol. The summed E-state index contributed by atoms with van der Waals surface area (Å²) in [5, 5.41) is 12.0. The van der Waals surface area contributed by atoms with Crippen molar-refractivity contribution in [3.63, 3.8) is 0 Å². The maximum atomic E-state index is 11.8. The number of carbonyl (C=O) groups excluding carboxylic acids is 1. The molecule has 0 saturated carbocycles. The van der Waals surface area contributed by atoms with Crippen LogP contribution in [0.4, 0.5) is 10.7 Å². The van der Waals surface area contributed by atoms with E-state index in [2.05, 4.69) is 5.32 Å². The predicted octanol–water partition coefficient (Wildman–Crippen LogP) is 2.45. The van der Waals surface area contributed by atoms with Gasteiger partial charge in [0.15, 0.2) is 0 Å². The molecule has 1 heterocycles. The van der Waals surface area contributed by atoms with Gasteiger partial charge in [-0.1, -0.05) is 0 Å². The predicted molar refractivity (Wildman–Crippen MR) is 67.8 cm³/mol. The summed E-state index contributed by atoms with van der Waals surface area (Å²) in [6.07, 6.45) is 0. The van der Waals surface area contributed by atoms with E-state index in [0.29, 0.717) is 21.1 Å². The minimum atomic E-state index is -0.198. The van der Waals surface area contributed by atoms with Crippen LogP contribution in [0.25, 0.3) is 0 Å². The van der Waals surface area contributed by atoms with E-state index in [9.17, 15) is 4.79 Å². The van der Waals surface area contributed by atoms with Crippen molar-refractivity contribution in [2.45, 2.75) is 0 Å². The van der Waals surface area contributed by atoms with Gasteiger partial charge in [-0.25, -0.2) is 0 Å². The Hall–Kier alpha value is -2.32. The van der Waals surface area contributed by atoms with Crippen LogP contribution in [0.15, 0.2) is 36.4 Å². The van der Waals surface area contributed by atoms with Crippen LogP contribution in [-0.2, 0) is 0 Å². The highest BCUT2D eigenvalue weighted by Gasteiger charge is 2.08. The van der Waals surface area contributed by atoms with Crippen LogP contribution in [-0.4, -0.2) is 5.91 Å². The van der Waals surface area contributed by atoms with Gasteiger partial charge in [-0.3, -0.25) is 4.79 Å². The highest BCUT2D eigenvalue weighted by Crippen LogP contribution is 2.19. The second-order valence-electron chi connectivity index (χ2n) is 3.35. The van der Waals surface area contributed by atoms with Crippen molar-refractivity contribution in [3.8, 4) is 6.07 Å². The lowest BCUT2D eigenvalue weighted by molar-refractivity contribution is 0.103. The zero-order valence-electron chi connectivity index (χ0n) is 8.81. The Morgan fingerprint density at radius 1 is 1.24 bits per heavy atom. The fourth-order valence-corrected chi connectivity index (χ4v) is 1.97. The molecular formula is C12H9N3OS. The molecule has 2 aromatic rings. The van der Waals surface area contributed by atoms with Crippen LogP contribution < -0.4 is 11.1 Å². The SMILES string of the molecule is N#Cc1ccc(NC(=O)c2ccc(N)s2)cc1. The number of nitrogens with two attached hydrogens (primary N) is 1. The van der Waals surface area contributed by atoms with Crippen LogP contribution in [0.2, 0.25) is 0 Å². The second kappa shape index (κ2) is 4.68. The molecule has 5 heteroatoms. The molecule has 0 radical (unpaired) electrons. The molecule has 1 aromatic carbocycles. The number of carbonyl (C=O) groups is 1. The number of anilines is 2. The first-order valence-corrected chi connectivity index (χ1v) is 5.67. The Bertz CT molecular complexity index is 581. The van der Waals surface area contributed by atoms with E-state index in [0.717, 1.165) is 0 Å². The molecule has 0 aliphatic carbocycles. The smallest absolute Gasteiger partial charge is 0.265 e. The molecule has 3 N–H and O–H groups in total. The van der Waals surface area contributed by atoms with Gasteiger partial charge in [0, 0.05) is 5.69 Å². The molecule has 84 valence electrons. The van der Waals surface area contributed by atoms with Crippen LogP contribution >= 0.6 is 11.3 Å². The van der Waals surface area contributed by atoms with E-state index >= 15 is 0 Å². The first-order valence-electron chi connectivity index (χ1n) is 4.86. The van der Waals surface area contributed by atoms with E-state index in [4.69, 9.17) is 11.0 Å². The van der Waals surface area contributed by atoms with Crippen molar-refractivity contribution in [2.75, 3.05) is 11.1 Å². The number of benzene rings is 1. The van der Waals surface area contributed by atoms with Gasteiger partial charge >= 0.3 is 0 Å². The standard InChI is InChI=1S/C12H9N3OS/c13-7-8-1-3-9(4-2-8)15-12(16)10-5-6-11(14)17-10/h1-6H,14H2,(H,15,16). The number of nitrogen functional groups attached to an aromatic ring is 1. The zero-order chi connectivity index (χ0) is 12.3. The minimum Gasteiger partial charge on any atom is -0.391 e. The molecule has 0 spiro atoms. The number of nitrogens with zero attached hydrogens (tertiary/aromatic N) is 1. The summed E-state index contributed by atoms with van der Waals surface area (Å²) in [5.41, 5.74) is 6.76. The summed E-state index contributed by atoms with van der Waals surface area (Å²) >= 11 is 1.24. The minimum absolute atomic E-state index is 0.198. The lowest BCUT2D eigenvalue weighted by Crippen LogP contribution is -2.09. The lowest BCUT2D eigenvalue weighted by atomic mass is 10.2. The van der Waals surface area contributed by atoms with Gasteiger partial charge < -0.3 is 11.1 Å². The quantitative estimate of drug-likeness (QED) is 0.850. The Kier molecular flexibility index (Phi) is 3.08. The molecule has 17 heavy (non-hydrogen) atoms. The summed E-state index contributed by atoms with van der Waals surface area (Å²) < 4.78 is 0. The number of rotatable bonds is 2. The molecule has 2 rings (SSSR count). The maximum Gasteiger partial charge on any atom is 0.265 e. The Balaban J connectivity index is 2.11. The molecule has 0 unspecified atom stereocenters. The molecule has 0 aliphatic heterocycles. The van der Waals surface area contributed by atoms with E-state index < -0.39 is 0 Å². The van der Waals surface area contributed by atoms with Crippen molar-refractivity contribution in [1.29, 1.82) is 5.26 Å². The molecular weight excluding hydrogens is 234 g/mol. The second-order valence-corrected chi connectivity index (χ2v) is 4.46. The van der Waals surface area contributed by atoms with Crippen molar-refractivity contribution < 1.29 is 4.79 Å². The van der Waals surface area contributed by atoms with Gasteiger partial charge in [0.05, 0.1) is 21.5 Å². The fraction of sp³-hybridized carbons (Fsp3) is 0. The summed E-state index contributed by atoms with van der Waals surface area (Å²) in [5.74, 6) is -0.198. The highest BCUT2D eigenvalue weighted by molar-refractivity contribution is 7.17. The van der Waals surface area contributed by atoms with Crippen molar-refractivity contribution in [1.82, 2.24) is 0 Å². The van der Waals surface area contributed by atoms with Gasteiger partial charge in [0.25, 0.3) is 5.91 Å². The topological polar surface area (TPSA) is 78.9 Å². The summed E-state index contributed by atoms with van der Waals surface area (Å²) in [4.78, 5) is 12.3. The molecule has 0 saturated heterocycles. The van der Waals surface area contributed by atoms with Crippen molar-refractivity contribution in [2.24, 2.45) is 0 Å². The van der Waals surface area contributed by atoms with Crippen molar-refractivity contribution in [3.05, 3.63) is 46.8 Å². The van der Waals surface area contributed by atoms with Crippen molar-refractivity contribution >= 4 is 27.9 Å². The summed E-state index contributed by atoms with van der Waals surface area (Å²) in [6, 6.07) is 12.1. The average Bonchev–Trinajstić information content (AvgIpc) is 2.77. The first kappa shape index (κ1) is 11.2. The van der Waals surface area contributed by atoms with E-state index in [1.165, 1.54) is 11.3 Å². The third kappa shape index (κ3) is 2.62. The van der Waals surface area contributed by atoms with E-state index in [-0.39, 0.29) is 5.91 Å². The highest BCUT2D eigenvalue weighted by atomic mass is 32.1. The Morgan fingerprint density at radius 3 is 2.47 bits per heavy atom. The number of hydrogen-bond acceptors (Lipinski definition) is 4. The number of nitriles is 1. The monoisotopic (exact) mass is 243 g/mol. The normalized spacial score (nSPS) is 9.59. The Morgan fingerprint density at radius 2 is 1.94 bits per heavy atom. The number of nitrogens with one attached hydrogen (secondary N) is 1. The van der Waals surface area contributed by atoms with Crippen LogP contribution in [0.1, 0.15) is 15.2 Å². The van der Waals surface area contributed by atoms with Crippen LogP contribution in [0.3, 0.4) is 0 Å². The van der Waals surface area contributed by atoms with Gasteiger partial charge in [-0.05, 0) is 36.4 Å². The fourth-order valence-electron chi connectivity index (χ4n) is 1.30. The number of thiophene rings is 1. The van der Waals surface area contributed by atoms with E-state index in [1.807, 2.05) is 6.07 Å². The zero-order valence-corrected chi connectivity index (χ0v) is 9.62. The summed E-state index contributed by atoms with van der Waals surface area (Å²) in [7, 11) is 0. The largest absolute Gasteiger partial charge is 0.391 e.